The van der Waals surface area contributed by atoms with Gasteiger partial charge in [0.1, 0.15) is 0 Å². The van der Waals surface area contributed by atoms with Crippen LogP contribution in [0.4, 0.5) is 0 Å². The summed E-state index contributed by atoms with van der Waals surface area (Å²) >= 11 is 0. The highest BCUT2D eigenvalue weighted by molar-refractivity contribution is 5.94. The predicted molar refractivity (Wildman–Crippen MR) is 85.9 cm³/mol. The molecule has 1 aromatic heterocycles. The van der Waals surface area contributed by atoms with Crippen LogP contribution in [-0.4, -0.2) is 34.3 Å². The van der Waals surface area contributed by atoms with E-state index in [1.54, 1.807) is 32.2 Å². The molecule has 1 heterocycles. The van der Waals surface area contributed by atoms with E-state index in [0.29, 0.717) is 12.1 Å². The van der Waals surface area contributed by atoms with Gasteiger partial charge in [0.2, 0.25) is 0 Å². The van der Waals surface area contributed by atoms with E-state index in [0.717, 1.165) is 5.56 Å². The van der Waals surface area contributed by atoms with Crippen LogP contribution in [0, 0.1) is 0 Å². The number of amides is 1. The number of nitrogens with one attached hydrogen (secondary N) is 1. The highest BCUT2D eigenvalue weighted by atomic mass is 16.5. The second-order valence-electron chi connectivity index (χ2n) is 5.45. The Hall–Kier alpha value is -2.63. The lowest BCUT2D eigenvalue weighted by atomic mass is 10.1. The summed E-state index contributed by atoms with van der Waals surface area (Å²) in [5.41, 5.74) is 1.62. The van der Waals surface area contributed by atoms with Crippen LogP contribution in [-0.2, 0) is 16.1 Å². The summed E-state index contributed by atoms with van der Waals surface area (Å²) < 4.78 is 6.82. The summed E-state index contributed by atoms with van der Waals surface area (Å²) in [6, 6.07) is 9.18. The molecule has 0 bridgehead atoms. The molecule has 1 amide bonds. The van der Waals surface area contributed by atoms with E-state index in [-0.39, 0.29) is 30.9 Å². The zero-order valence-corrected chi connectivity index (χ0v) is 13.4. The molecule has 0 spiro atoms. The molecule has 2 rings (SSSR count). The Kier molecular flexibility index (Phi) is 5.91. The minimum atomic E-state index is -0.310. The summed E-state index contributed by atoms with van der Waals surface area (Å²) in [6.45, 7) is 4.51. The van der Waals surface area contributed by atoms with Gasteiger partial charge in [0.15, 0.2) is 0 Å². The molecule has 0 aliphatic rings. The molecule has 6 heteroatoms. The van der Waals surface area contributed by atoms with Crippen LogP contribution in [0.2, 0.25) is 0 Å². The molecule has 0 fully saturated rings. The molecule has 122 valence electrons. The number of nitrogens with zero attached hydrogens (tertiary/aromatic N) is 2. The van der Waals surface area contributed by atoms with E-state index in [2.05, 4.69) is 10.4 Å². The first-order valence-corrected chi connectivity index (χ1v) is 7.58. The molecule has 0 atom stereocenters. The van der Waals surface area contributed by atoms with E-state index in [1.807, 2.05) is 29.1 Å². The first kappa shape index (κ1) is 16.7. The van der Waals surface area contributed by atoms with Crippen molar-refractivity contribution in [3.05, 3.63) is 53.9 Å². The standard InChI is InChI=1S/C17H21N3O3/c1-13(2)23-16(21)8-10-18-17(22)15-6-4-14(5-7-15)12-20-11-3-9-19-20/h3-7,9,11,13H,8,10,12H2,1-2H3,(H,18,22). The van der Waals surface area contributed by atoms with Gasteiger partial charge in [0, 0.05) is 24.5 Å². The summed E-state index contributed by atoms with van der Waals surface area (Å²) in [5, 5.41) is 6.85. The SMILES string of the molecule is CC(C)OC(=O)CCNC(=O)c1ccc(Cn2cccn2)cc1. The van der Waals surface area contributed by atoms with Gasteiger partial charge in [-0.25, -0.2) is 0 Å². The van der Waals surface area contributed by atoms with Gasteiger partial charge in [-0.1, -0.05) is 12.1 Å². The van der Waals surface area contributed by atoms with Crippen LogP contribution < -0.4 is 5.32 Å². The third-order valence-corrected chi connectivity index (χ3v) is 3.10. The topological polar surface area (TPSA) is 73.2 Å². The van der Waals surface area contributed by atoms with Crippen molar-refractivity contribution in [2.45, 2.75) is 32.9 Å². The maximum Gasteiger partial charge on any atom is 0.307 e. The molecule has 1 aromatic carbocycles. The van der Waals surface area contributed by atoms with Crippen molar-refractivity contribution in [2.75, 3.05) is 6.54 Å². The van der Waals surface area contributed by atoms with E-state index in [4.69, 9.17) is 4.74 Å². The van der Waals surface area contributed by atoms with Crippen molar-refractivity contribution in [1.29, 1.82) is 0 Å². The lowest BCUT2D eigenvalue weighted by Crippen LogP contribution is -2.27. The number of benzene rings is 1. The molecule has 0 unspecified atom stereocenters. The summed E-state index contributed by atoms with van der Waals surface area (Å²) in [6.07, 6.45) is 3.64. The second kappa shape index (κ2) is 8.12. The number of ether oxygens (including phenoxy) is 1. The summed E-state index contributed by atoms with van der Waals surface area (Å²) in [7, 11) is 0. The Labute approximate surface area is 135 Å². The number of carbonyl (C=O) groups is 2. The average molecular weight is 315 g/mol. The molecule has 6 nitrogen and oxygen atoms in total. The average Bonchev–Trinajstić information content (AvgIpc) is 3.00. The van der Waals surface area contributed by atoms with E-state index < -0.39 is 0 Å². The third-order valence-electron chi connectivity index (χ3n) is 3.10. The third kappa shape index (κ3) is 5.58. The molecule has 1 N–H and O–H groups in total. The molecule has 0 saturated carbocycles. The van der Waals surface area contributed by atoms with Gasteiger partial charge < -0.3 is 10.1 Å². The number of rotatable bonds is 7. The Morgan fingerprint density at radius 1 is 1.26 bits per heavy atom. The first-order valence-electron chi connectivity index (χ1n) is 7.58. The highest BCUT2D eigenvalue weighted by Gasteiger charge is 2.08. The zero-order chi connectivity index (χ0) is 16.7. The Morgan fingerprint density at radius 3 is 2.61 bits per heavy atom. The van der Waals surface area contributed by atoms with Crippen LogP contribution in [0.15, 0.2) is 42.7 Å². The molecule has 0 aliphatic heterocycles. The van der Waals surface area contributed by atoms with Crippen molar-refractivity contribution in [1.82, 2.24) is 15.1 Å². The molecule has 0 saturated heterocycles. The Balaban J connectivity index is 1.79. The predicted octanol–water partition coefficient (Wildman–Crippen LogP) is 2.00. The number of hydrogen-bond donors (Lipinski definition) is 1. The van der Waals surface area contributed by atoms with Crippen molar-refractivity contribution < 1.29 is 14.3 Å². The minimum absolute atomic E-state index is 0.138. The Morgan fingerprint density at radius 2 is 2.00 bits per heavy atom. The fourth-order valence-electron chi connectivity index (χ4n) is 2.04. The van der Waals surface area contributed by atoms with Gasteiger partial charge in [-0.15, -0.1) is 0 Å². The van der Waals surface area contributed by atoms with Crippen LogP contribution >= 0.6 is 0 Å². The van der Waals surface area contributed by atoms with Crippen LogP contribution in [0.25, 0.3) is 0 Å². The van der Waals surface area contributed by atoms with E-state index in [9.17, 15) is 9.59 Å². The van der Waals surface area contributed by atoms with Crippen LogP contribution in [0.5, 0.6) is 0 Å². The molecule has 0 radical (unpaired) electrons. The lowest BCUT2D eigenvalue weighted by molar-refractivity contribution is -0.147. The number of hydrogen-bond acceptors (Lipinski definition) is 4. The maximum absolute atomic E-state index is 12.0. The molecular formula is C17H21N3O3. The second-order valence-corrected chi connectivity index (χ2v) is 5.45. The molecule has 0 aliphatic carbocycles. The smallest absolute Gasteiger partial charge is 0.307 e. The van der Waals surface area contributed by atoms with Gasteiger partial charge in [-0.2, -0.15) is 5.10 Å². The van der Waals surface area contributed by atoms with Gasteiger partial charge >= 0.3 is 5.97 Å². The van der Waals surface area contributed by atoms with E-state index >= 15 is 0 Å². The van der Waals surface area contributed by atoms with Crippen molar-refractivity contribution >= 4 is 11.9 Å². The van der Waals surface area contributed by atoms with Crippen molar-refractivity contribution in [3.8, 4) is 0 Å². The maximum atomic E-state index is 12.0. The zero-order valence-electron chi connectivity index (χ0n) is 13.4. The largest absolute Gasteiger partial charge is 0.463 e. The lowest BCUT2D eigenvalue weighted by Gasteiger charge is -2.09. The quantitative estimate of drug-likeness (QED) is 0.793. The fourth-order valence-corrected chi connectivity index (χ4v) is 2.04. The Bertz CT molecular complexity index is 634. The highest BCUT2D eigenvalue weighted by Crippen LogP contribution is 2.06. The molecule has 23 heavy (non-hydrogen) atoms. The van der Waals surface area contributed by atoms with E-state index in [1.165, 1.54) is 0 Å². The molecule has 2 aromatic rings. The number of esters is 1. The van der Waals surface area contributed by atoms with Crippen LogP contribution in [0.3, 0.4) is 0 Å². The minimum Gasteiger partial charge on any atom is -0.463 e. The summed E-state index contributed by atoms with van der Waals surface area (Å²) in [5.74, 6) is -0.511. The number of carbonyl (C=O) groups excluding carboxylic acids is 2. The van der Waals surface area contributed by atoms with Gasteiger partial charge in [-0.05, 0) is 37.6 Å². The normalized spacial score (nSPS) is 10.6. The summed E-state index contributed by atoms with van der Waals surface area (Å²) in [4.78, 5) is 23.4. The first-order chi connectivity index (χ1) is 11.0. The van der Waals surface area contributed by atoms with Crippen molar-refractivity contribution in [3.63, 3.8) is 0 Å². The van der Waals surface area contributed by atoms with Crippen LogP contribution in [0.1, 0.15) is 36.2 Å². The van der Waals surface area contributed by atoms with Crippen molar-refractivity contribution in [2.24, 2.45) is 0 Å². The van der Waals surface area contributed by atoms with Gasteiger partial charge in [0.25, 0.3) is 5.91 Å². The van der Waals surface area contributed by atoms with Gasteiger partial charge in [0.05, 0.1) is 19.1 Å². The fraction of sp³-hybridized carbons (Fsp3) is 0.353. The van der Waals surface area contributed by atoms with Gasteiger partial charge in [-0.3, -0.25) is 14.3 Å². The monoisotopic (exact) mass is 315 g/mol. The molecular weight excluding hydrogens is 294 g/mol. The number of aromatic nitrogens is 2.